The minimum absolute atomic E-state index is 0.0390. The summed E-state index contributed by atoms with van der Waals surface area (Å²) >= 11 is 6.53. The summed E-state index contributed by atoms with van der Waals surface area (Å²) in [4.78, 5) is 11.4. The first-order valence-corrected chi connectivity index (χ1v) is 21.8. The predicted molar refractivity (Wildman–Crippen MR) is 223 cm³/mol. The Morgan fingerprint density at radius 2 is 1.11 bits per heavy atom. The molecule has 56 heavy (non-hydrogen) atoms. The molecule has 6 heterocycles. The van der Waals surface area contributed by atoms with E-state index in [4.69, 9.17) is 25.5 Å². The molecule has 2 fully saturated rings. The van der Waals surface area contributed by atoms with Crippen molar-refractivity contribution in [2.75, 3.05) is 14.2 Å². The number of allylic oxidation sites excluding steroid dienone is 2. The molecular formula is C44H34N4O4S4. The van der Waals surface area contributed by atoms with Gasteiger partial charge in [-0.15, -0.1) is 45.3 Å². The SMILES string of the molecule is [C-]#[N+]/C(C#N)=C/c1cc(OC)c(-c2cc3c(s2)-c2cc4c(cc2OC32CCCCC2)-c2sc(-c3sc(C=C(C#N)C#N)cc3OC)cc2C2(CCCCC2)O4)s1. The van der Waals surface area contributed by atoms with Gasteiger partial charge < -0.3 is 18.9 Å². The van der Waals surface area contributed by atoms with Crippen LogP contribution in [0, 0.1) is 40.6 Å². The fourth-order valence-corrected chi connectivity index (χ4v) is 13.6. The summed E-state index contributed by atoms with van der Waals surface area (Å²) in [5.74, 6) is 3.17. The van der Waals surface area contributed by atoms with Crippen LogP contribution in [0.1, 0.15) is 85.1 Å². The summed E-state index contributed by atoms with van der Waals surface area (Å²) in [5.41, 5.74) is 3.69. The van der Waals surface area contributed by atoms with E-state index >= 15 is 0 Å². The zero-order valence-corrected chi connectivity index (χ0v) is 34.0. The number of hydrogen-bond acceptors (Lipinski definition) is 11. The molecule has 2 spiro atoms. The van der Waals surface area contributed by atoms with Crippen molar-refractivity contribution in [3.63, 3.8) is 0 Å². The maximum atomic E-state index is 9.41. The lowest BCUT2D eigenvalue weighted by Gasteiger charge is -2.44. The average molecular weight is 811 g/mol. The third-order valence-electron chi connectivity index (χ3n) is 11.3. The standard InChI is InChI=1S/C44H34N4O4S4/c1-48-26(24-47)15-28-17-36(50-3)42(54-28)38-21-32-40(56-38)30-19-33-29(18-34(30)52-44(32)12-8-5-9-13-44)39-31(43(51-33)10-6-4-7-11-43)20-37(55-39)41-35(49-2)16-27(53-41)14-25(22-45)23-46/h14-21H,4-13H2,2-3H3/b26-15+. The lowest BCUT2D eigenvalue weighted by atomic mass is 9.76. The number of rotatable bonds is 6. The highest BCUT2D eigenvalue weighted by Crippen LogP contribution is 2.62. The number of thiophene rings is 4. The van der Waals surface area contributed by atoms with Gasteiger partial charge in [0.25, 0.3) is 5.70 Å². The molecule has 0 atom stereocenters. The largest absolute Gasteiger partial charge is 0.495 e. The molecule has 2 aliphatic carbocycles. The summed E-state index contributed by atoms with van der Waals surface area (Å²) < 4.78 is 26.2. The third kappa shape index (κ3) is 5.92. The molecule has 0 amide bonds. The van der Waals surface area contributed by atoms with Crippen LogP contribution in [0.4, 0.5) is 0 Å². The Balaban J connectivity index is 1.20. The lowest BCUT2D eigenvalue weighted by molar-refractivity contribution is 0.0203. The third-order valence-corrected chi connectivity index (χ3v) is 16.1. The Morgan fingerprint density at radius 1 is 0.643 bits per heavy atom. The number of fused-ring (bicyclic) bond motifs is 8. The molecule has 2 saturated carbocycles. The number of methoxy groups -OCH3 is 2. The van der Waals surface area contributed by atoms with E-state index in [1.807, 2.05) is 30.3 Å². The van der Waals surface area contributed by atoms with E-state index in [1.165, 1.54) is 56.4 Å². The monoisotopic (exact) mass is 810 g/mol. The number of hydrogen-bond donors (Lipinski definition) is 0. The van der Waals surface area contributed by atoms with Crippen molar-refractivity contribution in [2.45, 2.75) is 75.4 Å². The minimum atomic E-state index is -0.447. The fourth-order valence-electron chi connectivity index (χ4n) is 8.72. The smallest absolute Gasteiger partial charge is 0.263 e. The molecule has 9 rings (SSSR count). The quantitative estimate of drug-likeness (QED) is 0.124. The summed E-state index contributed by atoms with van der Waals surface area (Å²) in [6.07, 6.45) is 13.7. The molecule has 1 aromatic carbocycles. The average Bonchev–Trinajstić information content (AvgIpc) is 4.04. The van der Waals surface area contributed by atoms with Crippen LogP contribution in [0.3, 0.4) is 0 Å². The molecule has 0 radical (unpaired) electrons. The van der Waals surface area contributed by atoms with E-state index in [1.54, 1.807) is 49.0 Å². The topological polar surface area (TPSA) is 113 Å². The van der Waals surface area contributed by atoms with Crippen molar-refractivity contribution in [1.29, 1.82) is 15.8 Å². The van der Waals surface area contributed by atoms with Crippen LogP contribution in [0.15, 0.2) is 47.7 Å². The highest BCUT2D eigenvalue weighted by Gasteiger charge is 2.47. The Morgan fingerprint density at radius 3 is 1.52 bits per heavy atom. The van der Waals surface area contributed by atoms with E-state index in [2.05, 4.69) is 29.1 Å². The van der Waals surface area contributed by atoms with Crippen LogP contribution in [-0.2, 0) is 11.2 Å². The zero-order chi connectivity index (χ0) is 38.6. The van der Waals surface area contributed by atoms with Gasteiger partial charge in [0.2, 0.25) is 0 Å². The van der Waals surface area contributed by atoms with E-state index < -0.39 is 11.2 Å². The van der Waals surface area contributed by atoms with Crippen molar-refractivity contribution in [3.8, 4) is 81.6 Å². The van der Waals surface area contributed by atoms with Crippen molar-refractivity contribution < 1.29 is 18.9 Å². The van der Waals surface area contributed by atoms with Crippen molar-refractivity contribution >= 4 is 57.5 Å². The van der Waals surface area contributed by atoms with Crippen LogP contribution in [0.25, 0.3) is 57.4 Å². The first kappa shape index (κ1) is 36.3. The van der Waals surface area contributed by atoms with Gasteiger partial charge in [0.1, 0.15) is 51.9 Å². The second-order valence-corrected chi connectivity index (χ2v) is 18.8. The molecule has 4 aromatic heterocycles. The van der Waals surface area contributed by atoms with Gasteiger partial charge in [-0.25, -0.2) is 10.1 Å². The van der Waals surface area contributed by atoms with Crippen molar-refractivity contribution in [3.05, 3.63) is 80.0 Å². The molecule has 0 saturated heterocycles. The van der Waals surface area contributed by atoms with Crippen LogP contribution < -0.4 is 18.9 Å². The maximum Gasteiger partial charge on any atom is 0.263 e. The van der Waals surface area contributed by atoms with Gasteiger partial charge in [-0.3, -0.25) is 0 Å². The number of ether oxygens (including phenoxy) is 4. The van der Waals surface area contributed by atoms with Crippen LogP contribution in [0.5, 0.6) is 23.0 Å². The van der Waals surface area contributed by atoms with Gasteiger partial charge in [0.15, 0.2) is 0 Å². The van der Waals surface area contributed by atoms with Crippen molar-refractivity contribution in [2.24, 2.45) is 0 Å². The highest BCUT2D eigenvalue weighted by molar-refractivity contribution is 7.25. The maximum absolute atomic E-state index is 9.41. The fraction of sp³-hybridized carbons (Fsp3) is 0.318. The number of nitrogens with zero attached hydrogens (tertiary/aromatic N) is 4. The minimum Gasteiger partial charge on any atom is -0.495 e. The second kappa shape index (κ2) is 14.3. The molecule has 8 nitrogen and oxygen atoms in total. The van der Waals surface area contributed by atoms with Crippen molar-refractivity contribution in [1.82, 2.24) is 0 Å². The van der Waals surface area contributed by atoms with E-state index in [-0.39, 0.29) is 11.3 Å². The predicted octanol–water partition coefficient (Wildman–Crippen LogP) is 12.9. The molecule has 12 heteroatoms. The van der Waals surface area contributed by atoms with Gasteiger partial charge in [-0.05, 0) is 99.9 Å². The van der Waals surface area contributed by atoms with E-state index in [0.29, 0.717) is 5.75 Å². The Hall–Kier alpha value is -5.34. The molecule has 0 N–H and O–H groups in total. The lowest BCUT2D eigenvalue weighted by Crippen LogP contribution is -2.38. The van der Waals surface area contributed by atoms with E-state index in [9.17, 15) is 15.8 Å². The molecule has 0 unspecified atom stereocenters. The Labute approximate surface area is 341 Å². The number of benzene rings is 1. The van der Waals surface area contributed by atoms with Gasteiger partial charge in [0.05, 0.1) is 36.6 Å². The summed E-state index contributed by atoms with van der Waals surface area (Å²) in [6.45, 7) is 7.37. The highest BCUT2D eigenvalue weighted by atomic mass is 32.1. The Bertz CT molecular complexity index is 2440. The van der Waals surface area contributed by atoms with Crippen LogP contribution >= 0.6 is 45.3 Å². The Kier molecular flexibility index (Phi) is 9.28. The molecule has 2 aliphatic heterocycles. The van der Waals surface area contributed by atoms with Crippen LogP contribution in [-0.4, -0.2) is 14.2 Å². The first-order chi connectivity index (χ1) is 27.3. The summed E-state index contributed by atoms with van der Waals surface area (Å²) in [7, 11) is 3.31. The molecular weight excluding hydrogens is 777 g/mol. The van der Waals surface area contributed by atoms with E-state index in [0.717, 1.165) is 109 Å². The van der Waals surface area contributed by atoms with Crippen LogP contribution in [0.2, 0.25) is 0 Å². The molecule has 0 bridgehead atoms. The molecule has 278 valence electrons. The normalized spacial score (nSPS) is 17.0. The second-order valence-electron chi connectivity index (χ2n) is 14.5. The van der Waals surface area contributed by atoms with Gasteiger partial charge in [-0.2, -0.15) is 10.5 Å². The first-order valence-electron chi connectivity index (χ1n) is 18.6. The number of nitriles is 3. The van der Waals surface area contributed by atoms with Gasteiger partial charge in [0, 0.05) is 51.5 Å². The summed E-state index contributed by atoms with van der Waals surface area (Å²) in [6, 6.07) is 18.7. The molecule has 4 aliphatic rings. The zero-order valence-electron chi connectivity index (χ0n) is 30.7. The summed E-state index contributed by atoms with van der Waals surface area (Å²) in [5, 5.41) is 28.2. The van der Waals surface area contributed by atoms with Gasteiger partial charge >= 0.3 is 0 Å². The molecule has 5 aromatic rings. The van der Waals surface area contributed by atoms with Gasteiger partial charge in [-0.1, -0.05) is 12.8 Å².